The molecule has 0 bridgehead atoms. The van der Waals surface area contributed by atoms with E-state index in [2.05, 4.69) is 36.4 Å². The van der Waals surface area contributed by atoms with Gasteiger partial charge in [0.15, 0.2) is 0 Å². The lowest BCUT2D eigenvalue weighted by atomic mass is 9.98. The number of likely N-dealkylation sites (tertiary alicyclic amines) is 1. The third kappa shape index (κ3) is 5.44. The van der Waals surface area contributed by atoms with Crippen LogP contribution in [0.5, 0.6) is 0 Å². The second-order valence-corrected chi connectivity index (χ2v) is 8.88. The van der Waals surface area contributed by atoms with Gasteiger partial charge in [0, 0.05) is 52.0 Å². The summed E-state index contributed by atoms with van der Waals surface area (Å²) in [6.45, 7) is 5.19. The first-order chi connectivity index (χ1) is 16.1. The van der Waals surface area contributed by atoms with Gasteiger partial charge in [0.25, 0.3) is 0 Å². The van der Waals surface area contributed by atoms with Crippen LogP contribution in [0.25, 0.3) is 11.1 Å². The number of nitrogens with zero attached hydrogens (tertiary/aromatic N) is 3. The van der Waals surface area contributed by atoms with Crippen molar-refractivity contribution in [3.8, 4) is 11.1 Å². The van der Waals surface area contributed by atoms with E-state index >= 15 is 0 Å². The van der Waals surface area contributed by atoms with E-state index in [0.717, 1.165) is 29.7 Å². The fraction of sp³-hybridized carbons (Fsp3) is 0.444. The van der Waals surface area contributed by atoms with E-state index in [1.807, 2.05) is 34.9 Å². The van der Waals surface area contributed by atoms with E-state index < -0.39 is 6.04 Å². The predicted molar refractivity (Wildman–Crippen MR) is 128 cm³/mol. The van der Waals surface area contributed by atoms with Gasteiger partial charge in [-0.25, -0.2) is 0 Å². The van der Waals surface area contributed by atoms with Crippen LogP contribution in [0, 0.1) is 0 Å². The highest BCUT2D eigenvalue weighted by Crippen LogP contribution is 2.22. The monoisotopic (exact) mass is 447 g/mol. The van der Waals surface area contributed by atoms with E-state index in [1.165, 1.54) is 0 Å². The minimum Gasteiger partial charge on any atom is -0.343 e. The summed E-state index contributed by atoms with van der Waals surface area (Å²) in [5.41, 5.74) is 3.34. The zero-order valence-electron chi connectivity index (χ0n) is 19.4. The van der Waals surface area contributed by atoms with Crippen LogP contribution >= 0.6 is 0 Å². The maximum absolute atomic E-state index is 13.2. The van der Waals surface area contributed by atoms with Gasteiger partial charge in [-0.3, -0.25) is 14.4 Å². The van der Waals surface area contributed by atoms with E-state index in [0.29, 0.717) is 51.9 Å². The molecule has 2 aliphatic rings. The number of benzene rings is 2. The Morgan fingerprint density at radius 2 is 1.64 bits per heavy atom. The maximum atomic E-state index is 13.2. The average molecular weight is 448 g/mol. The third-order valence-electron chi connectivity index (χ3n) is 6.77. The van der Waals surface area contributed by atoms with Crippen molar-refractivity contribution in [2.45, 2.75) is 45.1 Å². The number of hydrogen-bond acceptors (Lipinski definition) is 3. The Labute approximate surface area is 196 Å². The van der Waals surface area contributed by atoms with Crippen molar-refractivity contribution in [2.75, 3.05) is 32.7 Å². The average Bonchev–Trinajstić information content (AvgIpc) is 3.25. The van der Waals surface area contributed by atoms with Crippen molar-refractivity contribution in [1.82, 2.24) is 14.7 Å². The molecule has 2 aromatic rings. The Morgan fingerprint density at radius 3 is 2.30 bits per heavy atom. The molecule has 0 aliphatic carbocycles. The molecule has 174 valence electrons. The lowest BCUT2D eigenvalue weighted by Crippen LogP contribution is -2.59. The number of piperazine rings is 1. The van der Waals surface area contributed by atoms with Gasteiger partial charge in [0.2, 0.25) is 17.7 Å². The molecule has 4 rings (SSSR count). The molecule has 0 unspecified atom stereocenters. The number of rotatable bonds is 8. The second kappa shape index (κ2) is 10.6. The fourth-order valence-electron chi connectivity index (χ4n) is 4.84. The van der Waals surface area contributed by atoms with Gasteiger partial charge in [-0.2, -0.15) is 0 Å². The van der Waals surface area contributed by atoms with Crippen LogP contribution in [0.1, 0.15) is 38.2 Å². The standard InChI is InChI=1S/C27H33N3O3/c1-2-28-18-19-30(26(32)11-7-17-29-16-6-10-25(29)31)24(27(28)33)20-21-12-14-23(15-13-21)22-8-4-3-5-9-22/h3-5,8-9,12-15,24H,2,6-7,10-11,16-20H2,1H3/t24-/m1/s1. The molecule has 0 radical (unpaired) electrons. The molecule has 33 heavy (non-hydrogen) atoms. The zero-order chi connectivity index (χ0) is 23.2. The normalized spacial score (nSPS) is 18.8. The van der Waals surface area contributed by atoms with Crippen molar-refractivity contribution >= 4 is 17.7 Å². The number of likely N-dealkylation sites (N-methyl/N-ethyl adjacent to an activating group) is 1. The Morgan fingerprint density at radius 1 is 0.909 bits per heavy atom. The molecule has 1 atom stereocenters. The fourth-order valence-corrected chi connectivity index (χ4v) is 4.84. The third-order valence-corrected chi connectivity index (χ3v) is 6.77. The molecule has 6 nitrogen and oxygen atoms in total. The molecule has 3 amide bonds. The zero-order valence-corrected chi connectivity index (χ0v) is 19.4. The van der Waals surface area contributed by atoms with Crippen molar-refractivity contribution in [2.24, 2.45) is 0 Å². The van der Waals surface area contributed by atoms with Gasteiger partial charge in [-0.15, -0.1) is 0 Å². The highest BCUT2D eigenvalue weighted by atomic mass is 16.2. The second-order valence-electron chi connectivity index (χ2n) is 8.88. The smallest absolute Gasteiger partial charge is 0.245 e. The van der Waals surface area contributed by atoms with Gasteiger partial charge in [0.05, 0.1) is 0 Å². The molecule has 2 aromatic carbocycles. The molecule has 0 spiro atoms. The largest absolute Gasteiger partial charge is 0.343 e. The Hall–Kier alpha value is -3.15. The summed E-state index contributed by atoms with van der Waals surface area (Å²) in [4.78, 5) is 43.5. The van der Waals surface area contributed by atoms with Crippen LogP contribution in [0.4, 0.5) is 0 Å². The first kappa shape index (κ1) is 23.0. The molecule has 0 N–H and O–H groups in total. The lowest BCUT2D eigenvalue weighted by Gasteiger charge is -2.40. The first-order valence-electron chi connectivity index (χ1n) is 12.1. The highest BCUT2D eigenvalue weighted by molar-refractivity contribution is 5.89. The van der Waals surface area contributed by atoms with Gasteiger partial charge in [-0.1, -0.05) is 54.6 Å². The van der Waals surface area contributed by atoms with E-state index in [4.69, 9.17) is 0 Å². The van der Waals surface area contributed by atoms with Gasteiger partial charge >= 0.3 is 0 Å². The summed E-state index contributed by atoms with van der Waals surface area (Å²) in [6, 6.07) is 18.0. The van der Waals surface area contributed by atoms with Crippen molar-refractivity contribution in [3.63, 3.8) is 0 Å². The maximum Gasteiger partial charge on any atom is 0.245 e. The summed E-state index contributed by atoms with van der Waals surface area (Å²) in [5, 5.41) is 0. The van der Waals surface area contributed by atoms with Gasteiger partial charge in [0.1, 0.15) is 6.04 Å². The topological polar surface area (TPSA) is 60.9 Å². The van der Waals surface area contributed by atoms with Crippen molar-refractivity contribution in [3.05, 3.63) is 60.2 Å². The first-order valence-corrected chi connectivity index (χ1v) is 12.1. The van der Waals surface area contributed by atoms with Gasteiger partial charge in [-0.05, 0) is 36.5 Å². The number of amides is 3. The van der Waals surface area contributed by atoms with Crippen LogP contribution in [-0.4, -0.2) is 71.2 Å². The molecule has 2 saturated heterocycles. The summed E-state index contributed by atoms with van der Waals surface area (Å²) >= 11 is 0. The van der Waals surface area contributed by atoms with Gasteiger partial charge < -0.3 is 14.7 Å². The van der Waals surface area contributed by atoms with E-state index in [1.54, 1.807) is 4.90 Å². The summed E-state index contributed by atoms with van der Waals surface area (Å²) in [6.07, 6.45) is 3.05. The molecule has 0 saturated carbocycles. The molecular weight excluding hydrogens is 414 g/mol. The van der Waals surface area contributed by atoms with Crippen molar-refractivity contribution in [1.29, 1.82) is 0 Å². The highest BCUT2D eigenvalue weighted by Gasteiger charge is 2.36. The molecule has 0 aromatic heterocycles. The van der Waals surface area contributed by atoms with Crippen LogP contribution in [0.3, 0.4) is 0 Å². The summed E-state index contributed by atoms with van der Waals surface area (Å²) in [5.74, 6) is 0.224. The SMILES string of the molecule is CCN1CCN(C(=O)CCCN2CCCC2=O)[C@H](Cc2ccc(-c3ccccc3)cc2)C1=O. The number of carbonyl (C=O) groups is 3. The minimum atomic E-state index is -0.470. The predicted octanol–water partition coefficient (Wildman–Crippen LogP) is 3.36. The number of carbonyl (C=O) groups excluding carboxylic acids is 3. The molecule has 2 heterocycles. The summed E-state index contributed by atoms with van der Waals surface area (Å²) < 4.78 is 0. The molecular formula is C27H33N3O3. The Kier molecular flexibility index (Phi) is 7.43. The van der Waals surface area contributed by atoms with Crippen LogP contribution < -0.4 is 0 Å². The van der Waals surface area contributed by atoms with Crippen LogP contribution in [0.2, 0.25) is 0 Å². The van der Waals surface area contributed by atoms with Crippen molar-refractivity contribution < 1.29 is 14.4 Å². The van der Waals surface area contributed by atoms with Crippen LogP contribution in [-0.2, 0) is 20.8 Å². The minimum absolute atomic E-state index is 0.0108. The molecule has 2 aliphatic heterocycles. The lowest BCUT2D eigenvalue weighted by molar-refractivity contribution is -0.151. The summed E-state index contributed by atoms with van der Waals surface area (Å²) in [7, 11) is 0. The number of hydrogen-bond donors (Lipinski definition) is 0. The van der Waals surface area contributed by atoms with Crippen LogP contribution in [0.15, 0.2) is 54.6 Å². The Balaban J connectivity index is 1.42. The van der Waals surface area contributed by atoms with E-state index in [9.17, 15) is 14.4 Å². The van der Waals surface area contributed by atoms with E-state index in [-0.39, 0.29) is 17.7 Å². The molecule has 2 fully saturated rings. The molecule has 6 heteroatoms. The Bertz CT molecular complexity index is 974. The quantitative estimate of drug-likeness (QED) is 0.624.